The average molecular weight is 212 g/mol. The molecule has 1 rings (SSSR count). The van der Waals surface area contributed by atoms with Crippen LogP contribution in [0.2, 0.25) is 0 Å². The van der Waals surface area contributed by atoms with Gasteiger partial charge in [-0.2, -0.15) is 0 Å². The van der Waals surface area contributed by atoms with Crippen molar-refractivity contribution in [1.82, 2.24) is 4.90 Å². The molecule has 1 aliphatic rings. The molecule has 1 atom stereocenters. The molecule has 0 saturated carbocycles. The molecular weight excluding hydrogens is 200 g/mol. The molecule has 1 heterocycles. The third kappa shape index (κ3) is 2.79. The largest absolute Gasteiger partial charge is 0.342 e. The van der Waals surface area contributed by atoms with Crippen LogP contribution in [0.4, 0.5) is 8.78 Å². The van der Waals surface area contributed by atoms with Crippen LogP contribution >= 0.6 is 11.6 Å². The van der Waals surface area contributed by atoms with Crippen molar-refractivity contribution in [3.05, 3.63) is 0 Å². The van der Waals surface area contributed by atoms with Crippen molar-refractivity contribution in [2.75, 3.05) is 19.0 Å². The molecule has 0 bridgehead atoms. The first kappa shape index (κ1) is 10.7. The van der Waals surface area contributed by atoms with Gasteiger partial charge >= 0.3 is 0 Å². The summed E-state index contributed by atoms with van der Waals surface area (Å²) in [5.74, 6) is -0.494. The second-order valence-corrected chi connectivity index (χ2v) is 3.54. The highest BCUT2D eigenvalue weighted by Crippen LogP contribution is 2.23. The van der Waals surface area contributed by atoms with Gasteiger partial charge in [-0.15, -0.1) is 11.6 Å². The Morgan fingerprint density at radius 2 is 2.31 bits per heavy atom. The van der Waals surface area contributed by atoms with Crippen LogP contribution in [0.3, 0.4) is 0 Å². The number of hydrogen-bond donors (Lipinski definition) is 0. The van der Waals surface area contributed by atoms with Crippen molar-refractivity contribution in [2.45, 2.75) is 19.3 Å². The fourth-order valence-electron chi connectivity index (χ4n) is 1.46. The number of alkyl halides is 3. The highest BCUT2D eigenvalue weighted by atomic mass is 35.5. The van der Waals surface area contributed by atoms with E-state index in [4.69, 9.17) is 11.6 Å². The van der Waals surface area contributed by atoms with Crippen LogP contribution in [-0.2, 0) is 4.79 Å². The van der Waals surface area contributed by atoms with E-state index in [0.717, 1.165) is 0 Å². The molecule has 0 aromatic rings. The van der Waals surface area contributed by atoms with Gasteiger partial charge in [-0.3, -0.25) is 4.79 Å². The van der Waals surface area contributed by atoms with Gasteiger partial charge in [-0.1, -0.05) is 0 Å². The zero-order valence-corrected chi connectivity index (χ0v) is 7.94. The predicted octanol–water partition coefficient (Wildman–Crippen LogP) is 1.73. The summed E-state index contributed by atoms with van der Waals surface area (Å²) in [5, 5.41) is 0. The Kier molecular flexibility index (Phi) is 3.90. The lowest BCUT2D eigenvalue weighted by atomic mass is 10.1. The maximum atomic E-state index is 12.2. The van der Waals surface area contributed by atoms with E-state index in [1.165, 1.54) is 4.90 Å². The summed E-state index contributed by atoms with van der Waals surface area (Å²) in [7, 11) is 0. The van der Waals surface area contributed by atoms with Gasteiger partial charge in [-0.25, -0.2) is 8.78 Å². The molecule has 1 amide bonds. The average Bonchev–Trinajstić information content (AvgIpc) is 2.52. The van der Waals surface area contributed by atoms with Gasteiger partial charge in [0.25, 0.3) is 0 Å². The molecule has 0 N–H and O–H groups in total. The van der Waals surface area contributed by atoms with Gasteiger partial charge in [0.2, 0.25) is 12.3 Å². The molecule has 0 spiro atoms. The van der Waals surface area contributed by atoms with E-state index in [0.29, 0.717) is 13.0 Å². The molecule has 0 radical (unpaired) electrons. The Bertz CT molecular complexity index is 189. The lowest BCUT2D eigenvalue weighted by Crippen LogP contribution is -2.29. The lowest BCUT2D eigenvalue weighted by molar-refractivity contribution is -0.130. The van der Waals surface area contributed by atoms with Crippen LogP contribution in [0.15, 0.2) is 0 Å². The first-order valence-corrected chi connectivity index (χ1v) is 4.80. The first-order valence-electron chi connectivity index (χ1n) is 4.27. The van der Waals surface area contributed by atoms with Gasteiger partial charge in [0.05, 0.1) is 0 Å². The molecule has 13 heavy (non-hydrogen) atoms. The van der Waals surface area contributed by atoms with Crippen LogP contribution in [-0.4, -0.2) is 36.2 Å². The van der Waals surface area contributed by atoms with Gasteiger partial charge in [0.15, 0.2) is 0 Å². The molecule has 5 heteroatoms. The summed E-state index contributed by atoms with van der Waals surface area (Å²) in [4.78, 5) is 12.7. The van der Waals surface area contributed by atoms with Crippen molar-refractivity contribution >= 4 is 17.5 Å². The Labute approximate surface area is 80.8 Å². The van der Waals surface area contributed by atoms with E-state index in [2.05, 4.69) is 0 Å². The summed E-state index contributed by atoms with van der Waals surface area (Å²) >= 11 is 5.38. The van der Waals surface area contributed by atoms with E-state index < -0.39 is 12.3 Å². The highest BCUT2D eigenvalue weighted by molar-refractivity contribution is 6.18. The maximum absolute atomic E-state index is 12.2. The summed E-state index contributed by atoms with van der Waals surface area (Å²) in [6.07, 6.45) is -1.66. The number of nitrogens with zero attached hydrogens (tertiary/aromatic N) is 1. The molecule has 2 nitrogen and oxygen atoms in total. The van der Waals surface area contributed by atoms with E-state index in [9.17, 15) is 13.6 Å². The van der Waals surface area contributed by atoms with E-state index in [-0.39, 0.29) is 24.8 Å². The number of hydrogen-bond acceptors (Lipinski definition) is 1. The number of halogens is 3. The second-order valence-electron chi connectivity index (χ2n) is 3.16. The Morgan fingerprint density at radius 1 is 1.62 bits per heavy atom. The van der Waals surface area contributed by atoms with Crippen LogP contribution in [0.1, 0.15) is 12.8 Å². The fourth-order valence-corrected chi connectivity index (χ4v) is 1.62. The molecular formula is C8H12ClF2NO. The molecule has 1 saturated heterocycles. The van der Waals surface area contributed by atoms with E-state index in [1.54, 1.807) is 0 Å². The molecule has 0 aromatic heterocycles. The molecule has 1 fully saturated rings. The zero-order valence-electron chi connectivity index (χ0n) is 7.18. The van der Waals surface area contributed by atoms with Crippen molar-refractivity contribution < 1.29 is 13.6 Å². The minimum Gasteiger partial charge on any atom is -0.342 e. The van der Waals surface area contributed by atoms with E-state index in [1.807, 2.05) is 0 Å². The quantitative estimate of drug-likeness (QED) is 0.651. The van der Waals surface area contributed by atoms with Crippen LogP contribution < -0.4 is 0 Å². The summed E-state index contributed by atoms with van der Waals surface area (Å²) < 4.78 is 24.4. The van der Waals surface area contributed by atoms with E-state index >= 15 is 0 Å². The smallest absolute Gasteiger partial charge is 0.243 e. The zero-order chi connectivity index (χ0) is 9.84. The van der Waals surface area contributed by atoms with Crippen molar-refractivity contribution in [1.29, 1.82) is 0 Å². The minimum atomic E-state index is -2.31. The monoisotopic (exact) mass is 211 g/mol. The predicted molar refractivity (Wildman–Crippen MR) is 46.0 cm³/mol. The Balaban J connectivity index is 2.36. The Hall–Kier alpha value is -0.380. The first-order chi connectivity index (χ1) is 6.15. The van der Waals surface area contributed by atoms with Crippen molar-refractivity contribution in [3.8, 4) is 0 Å². The summed E-state index contributed by atoms with van der Waals surface area (Å²) in [5.41, 5.74) is 0. The van der Waals surface area contributed by atoms with Crippen molar-refractivity contribution in [2.24, 2.45) is 5.92 Å². The summed E-state index contributed by atoms with van der Waals surface area (Å²) in [6, 6.07) is 0. The highest BCUT2D eigenvalue weighted by Gasteiger charge is 2.31. The van der Waals surface area contributed by atoms with Gasteiger partial charge in [0, 0.05) is 31.3 Å². The van der Waals surface area contributed by atoms with Crippen molar-refractivity contribution in [3.63, 3.8) is 0 Å². The van der Waals surface area contributed by atoms with Gasteiger partial charge in [-0.05, 0) is 6.42 Å². The third-order valence-electron chi connectivity index (χ3n) is 2.24. The normalized spacial score (nSPS) is 22.8. The molecule has 1 aliphatic heterocycles. The third-order valence-corrected chi connectivity index (χ3v) is 2.43. The number of carbonyl (C=O) groups excluding carboxylic acids is 1. The van der Waals surface area contributed by atoms with Gasteiger partial charge in [0.1, 0.15) is 0 Å². The molecule has 0 aromatic carbocycles. The minimum absolute atomic E-state index is 0.113. The Morgan fingerprint density at radius 3 is 2.77 bits per heavy atom. The number of amides is 1. The molecule has 76 valence electrons. The molecule has 0 aliphatic carbocycles. The van der Waals surface area contributed by atoms with Gasteiger partial charge < -0.3 is 4.90 Å². The van der Waals surface area contributed by atoms with Crippen LogP contribution in [0, 0.1) is 5.92 Å². The number of rotatable bonds is 3. The second kappa shape index (κ2) is 4.74. The molecule has 0 unspecified atom stereocenters. The SMILES string of the molecule is O=C(CCCl)N1CC[C@@H](C(F)F)C1. The maximum Gasteiger partial charge on any atom is 0.243 e. The number of carbonyl (C=O) groups is 1. The standard InChI is InChI=1S/C8H12ClF2NO/c9-3-1-7(13)12-4-2-6(5-12)8(10)11/h6,8H,1-5H2/t6-/m1/s1. The summed E-state index contributed by atoms with van der Waals surface area (Å²) in [6.45, 7) is 0.637. The van der Waals surface area contributed by atoms with Crippen LogP contribution in [0.25, 0.3) is 0 Å². The topological polar surface area (TPSA) is 20.3 Å². The van der Waals surface area contributed by atoms with Crippen LogP contribution in [0.5, 0.6) is 0 Å². The number of likely N-dealkylation sites (tertiary alicyclic amines) is 1. The fraction of sp³-hybridized carbons (Fsp3) is 0.875. The lowest BCUT2D eigenvalue weighted by Gasteiger charge is -2.15.